The topological polar surface area (TPSA) is 58.6 Å². The predicted octanol–water partition coefficient (Wildman–Crippen LogP) is 0.156. The summed E-state index contributed by atoms with van der Waals surface area (Å²) < 4.78 is 4.85. The van der Waals surface area contributed by atoms with Gasteiger partial charge in [-0.3, -0.25) is 4.79 Å². The molecule has 4 nitrogen and oxygen atoms in total. The average Bonchev–Trinajstić information content (AvgIpc) is 2.11. The van der Waals surface area contributed by atoms with E-state index in [0.717, 1.165) is 0 Å². The molecule has 1 amide bonds. The molecule has 13 heavy (non-hydrogen) atoms. The Bertz CT molecular complexity index is 148. The van der Waals surface area contributed by atoms with Gasteiger partial charge in [0.05, 0.1) is 12.6 Å². The fraction of sp³-hybridized carbons (Fsp3) is 0.889. The Hall–Kier alpha value is -0.610. The van der Waals surface area contributed by atoms with Crippen LogP contribution in [0.2, 0.25) is 0 Å². The first-order chi connectivity index (χ1) is 6.11. The van der Waals surface area contributed by atoms with Crippen LogP contribution in [0, 0.1) is 5.92 Å². The lowest BCUT2D eigenvalue weighted by molar-refractivity contribution is -0.125. The zero-order valence-electron chi connectivity index (χ0n) is 8.54. The van der Waals surface area contributed by atoms with Gasteiger partial charge >= 0.3 is 0 Å². The molecule has 4 heteroatoms. The van der Waals surface area contributed by atoms with Gasteiger partial charge in [-0.25, -0.2) is 0 Å². The number of amides is 1. The smallest absolute Gasteiger partial charge is 0.222 e. The summed E-state index contributed by atoms with van der Waals surface area (Å²) in [6, 6.07) is -0.185. The highest BCUT2D eigenvalue weighted by atomic mass is 16.5. The predicted molar refractivity (Wildman–Crippen MR) is 50.3 cm³/mol. The molecule has 0 radical (unpaired) electrons. The molecule has 0 aliphatic heterocycles. The zero-order valence-corrected chi connectivity index (χ0v) is 8.54. The molecule has 0 bridgehead atoms. The zero-order chi connectivity index (χ0) is 10.3. The number of carbonyl (C=O) groups excluding carboxylic acids is 1. The molecule has 0 aromatic heterocycles. The summed E-state index contributed by atoms with van der Waals surface area (Å²) in [6.07, 6.45) is 0.644. The Morgan fingerprint density at radius 3 is 2.54 bits per heavy atom. The molecule has 78 valence electrons. The number of nitrogens with one attached hydrogen (secondary N) is 1. The number of rotatable bonds is 6. The van der Waals surface area contributed by atoms with Gasteiger partial charge in [0.2, 0.25) is 5.91 Å². The first-order valence-corrected chi connectivity index (χ1v) is 4.52. The second kappa shape index (κ2) is 6.86. The normalized spacial score (nSPS) is 13.0. The number of hydrogen-bond acceptors (Lipinski definition) is 3. The second-order valence-corrected chi connectivity index (χ2v) is 3.32. The molecule has 0 saturated carbocycles. The van der Waals surface area contributed by atoms with Crippen molar-refractivity contribution in [1.29, 1.82) is 0 Å². The number of aliphatic hydroxyl groups is 1. The summed E-state index contributed by atoms with van der Waals surface area (Å²) in [4.78, 5) is 11.2. The third-order valence-corrected chi connectivity index (χ3v) is 1.76. The molecule has 0 rings (SSSR count). The van der Waals surface area contributed by atoms with Crippen molar-refractivity contribution in [2.75, 3.05) is 20.3 Å². The molecule has 0 aromatic rings. The highest BCUT2D eigenvalue weighted by Crippen LogP contribution is 1.96. The van der Waals surface area contributed by atoms with E-state index in [4.69, 9.17) is 9.84 Å². The quantitative estimate of drug-likeness (QED) is 0.625. The van der Waals surface area contributed by atoms with Gasteiger partial charge in [0.25, 0.3) is 0 Å². The number of hydrogen-bond donors (Lipinski definition) is 2. The minimum atomic E-state index is -0.185. The molecular weight excluding hydrogens is 170 g/mol. The fourth-order valence-corrected chi connectivity index (χ4v) is 0.837. The first-order valence-electron chi connectivity index (χ1n) is 4.52. The Morgan fingerprint density at radius 1 is 1.54 bits per heavy atom. The van der Waals surface area contributed by atoms with Gasteiger partial charge in [-0.1, -0.05) is 13.8 Å². The molecule has 1 atom stereocenters. The lowest BCUT2D eigenvalue weighted by Gasteiger charge is -2.17. The van der Waals surface area contributed by atoms with Crippen molar-refractivity contribution < 1.29 is 14.6 Å². The largest absolute Gasteiger partial charge is 0.394 e. The fourth-order valence-electron chi connectivity index (χ4n) is 0.837. The monoisotopic (exact) mass is 189 g/mol. The summed E-state index contributed by atoms with van der Waals surface area (Å²) in [5, 5.41) is 11.6. The van der Waals surface area contributed by atoms with Gasteiger partial charge in [-0.05, 0) is 6.42 Å². The van der Waals surface area contributed by atoms with E-state index in [2.05, 4.69) is 5.32 Å². The van der Waals surface area contributed by atoms with Crippen molar-refractivity contribution in [3.8, 4) is 0 Å². The van der Waals surface area contributed by atoms with Crippen molar-refractivity contribution in [2.45, 2.75) is 26.3 Å². The summed E-state index contributed by atoms with van der Waals surface area (Å²) >= 11 is 0. The van der Waals surface area contributed by atoms with Gasteiger partial charge in [-0.2, -0.15) is 0 Å². The standard InChI is InChI=1S/C9H19NO3/c1-7(2)9(12)10-8(6-11)4-5-13-3/h7-8,11H,4-6H2,1-3H3,(H,10,12)/t8-/m0/s1. The summed E-state index contributed by atoms with van der Waals surface area (Å²) in [7, 11) is 1.60. The maximum Gasteiger partial charge on any atom is 0.222 e. The van der Waals surface area contributed by atoms with Crippen LogP contribution in [0.1, 0.15) is 20.3 Å². The number of ether oxygens (including phenoxy) is 1. The molecule has 0 unspecified atom stereocenters. The molecule has 0 saturated heterocycles. The van der Waals surface area contributed by atoms with Gasteiger partial charge in [0.1, 0.15) is 0 Å². The SMILES string of the molecule is COCC[C@@H](CO)NC(=O)C(C)C. The summed E-state index contributed by atoms with van der Waals surface area (Å²) in [6.45, 7) is 4.14. The summed E-state index contributed by atoms with van der Waals surface area (Å²) in [5.74, 6) is -0.0771. The number of methoxy groups -OCH3 is 1. The molecule has 0 aliphatic carbocycles. The van der Waals surface area contributed by atoms with Crippen LogP contribution in [0.5, 0.6) is 0 Å². The number of carbonyl (C=O) groups is 1. The van der Waals surface area contributed by atoms with Crippen LogP contribution < -0.4 is 5.32 Å². The van der Waals surface area contributed by atoms with Crippen LogP contribution in [0.3, 0.4) is 0 Å². The maximum absolute atomic E-state index is 11.2. The summed E-state index contributed by atoms with van der Waals surface area (Å²) in [5.41, 5.74) is 0. The van der Waals surface area contributed by atoms with E-state index in [0.29, 0.717) is 13.0 Å². The van der Waals surface area contributed by atoms with Crippen molar-refractivity contribution in [3.63, 3.8) is 0 Å². The van der Waals surface area contributed by atoms with E-state index in [-0.39, 0.29) is 24.5 Å². The van der Waals surface area contributed by atoms with Crippen LogP contribution in [0.25, 0.3) is 0 Å². The van der Waals surface area contributed by atoms with Crippen LogP contribution in [-0.2, 0) is 9.53 Å². The van der Waals surface area contributed by atoms with E-state index in [1.54, 1.807) is 7.11 Å². The van der Waals surface area contributed by atoms with Crippen molar-refractivity contribution in [3.05, 3.63) is 0 Å². The lowest BCUT2D eigenvalue weighted by atomic mass is 10.1. The van der Waals surface area contributed by atoms with Crippen LogP contribution in [0.4, 0.5) is 0 Å². The number of aliphatic hydroxyl groups excluding tert-OH is 1. The van der Waals surface area contributed by atoms with E-state index in [1.807, 2.05) is 13.8 Å². The Labute approximate surface area is 79.3 Å². The third kappa shape index (κ3) is 5.60. The maximum atomic E-state index is 11.2. The molecular formula is C9H19NO3. The molecule has 0 aliphatic rings. The lowest BCUT2D eigenvalue weighted by Crippen LogP contribution is -2.40. The Balaban J connectivity index is 3.76. The second-order valence-electron chi connectivity index (χ2n) is 3.32. The Morgan fingerprint density at radius 2 is 2.15 bits per heavy atom. The average molecular weight is 189 g/mol. The molecule has 0 heterocycles. The molecule has 2 N–H and O–H groups in total. The minimum Gasteiger partial charge on any atom is -0.394 e. The van der Waals surface area contributed by atoms with Gasteiger partial charge in [0, 0.05) is 19.6 Å². The van der Waals surface area contributed by atoms with E-state index >= 15 is 0 Å². The van der Waals surface area contributed by atoms with Gasteiger partial charge < -0.3 is 15.2 Å². The van der Waals surface area contributed by atoms with Crippen LogP contribution >= 0.6 is 0 Å². The Kier molecular flexibility index (Phi) is 6.54. The van der Waals surface area contributed by atoms with E-state index < -0.39 is 0 Å². The third-order valence-electron chi connectivity index (χ3n) is 1.76. The van der Waals surface area contributed by atoms with E-state index in [1.165, 1.54) is 0 Å². The first kappa shape index (κ1) is 12.4. The van der Waals surface area contributed by atoms with Crippen molar-refractivity contribution >= 4 is 5.91 Å². The van der Waals surface area contributed by atoms with E-state index in [9.17, 15) is 4.79 Å². The minimum absolute atomic E-state index is 0.0323. The van der Waals surface area contributed by atoms with Gasteiger partial charge in [-0.15, -0.1) is 0 Å². The molecule has 0 aromatic carbocycles. The molecule has 0 spiro atoms. The van der Waals surface area contributed by atoms with Crippen molar-refractivity contribution in [2.24, 2.45) is 5.92 Å². The van der Waals surface area contributed by atoms with Crippen LogP contribution in [-0.4, -0.2) is 37.4 Å². The van der Waals surface area contributed by atoms with Crippen LogP contribution in [0.15, 0.2) is 0 Å². The highest BCUT2D eigenvalue weighted by Gasteiger charge is 2.13. The highest BCUT2D eigenvalue weighted by molar-refractivity contribution is 5.78. The molecule has 0 fully saturated rings. The van der Waals surface area contributed by atoms with Gasteiger partial charge in [0.15, 0.2) is 0 Å². The van der Waals surface area contributed by atoms with Crippen molar-refractivity contribution in [1.82, 2.24) is 5.32 Å².